The van der Waals surface area contributed by atoms with Crippen LogP contribution >= 0.6 is 0 Å². The number of halogens is 3. The second-order valence-electron chi connectivity index (χ2n) is 3.23. The molecule has 0 spiro atoms. The summed E-state index contributed by atoms with van der Waals surface area (Å²) in [6, 6.07) is -1.06. The molecule has 0 saturated carbocycles. The molecule has 0 aliphatic rings. The van der Waals surface area contributed by atoms with E-state index in [1.807, 2.05) is 5.32 Å². The van der Waals surface area contributed by atoms with Crippen LogP contribution in [0.1, 0.15) is 19.3 Å². The first-order valence-electron chi connectivity index (χ1n) is 4.54. The van der Waals surface area contributed by atoms with Gasteiger partial charge in [-0.2, -0.15) is 13.2 Å². The SMILES string of the molecule is N[C@@H](CCCNC(=O)CC(F)(F)F)C(=O)O. The molecule has 0 radical (unpaired) electrons. The molecule has 4 N–H and O–H groups in total. The third-order valence-electron chi connectivity index (χ3n) is 1.69. The van der Waals surface area contributed by atoms with Crippen molar-refractivity contribution in [1.29, 1.82) is 0 Å². The molecule has 0 aromatic rings. The highest BCUT2D eigenvalue weighted by Gasteiger charge is 2.30. The van der Waals surface area contributed by atoms with Crippen LogP contribution in [0, 0.1) is 0 Å². The number of amides is 1. The summed E-state index contributed by atoms with van der Waals surface area (Å²) in [7, 11) is 0. The van der Waals surface area contributed by atoms with E-state index in [1.165, 1.54) is 0 Å². The van der Waals surface area contributed by atoms with Gasteiger partial charge in [-0.25, -0.2) is 0 Å². The second-order valence-corrected chi connectivity index (χ2v) is 3.23. The maximum absolute atomic E-state index is 11.7. The molecule has 0 aliphatic heterocycles. The van der Waals surface area contributed by atoms with E-state index < -0.39 is 30.5 Å². The van der Waals surface area contributed by atoms with E-state index in [9.17, 15) is 22.8 Å². The minimum Gasteiger partial charge on any atom is -0.480 e. The zero-order chi connectivity index (χ0) is 12.8. The van der Waals surface area contributed by atoms with E-state index in [1.54, 1.807) is 0 Å². The fourth-order valence-electron chi connectivity index (χ4n) is 0.918. The normalized spacial score (nSPS) is 13.2. The maximum atomic E-state index is 11.7. The highest BCUT2D eigenvalue weighted by Crippen LogP contribution is 2.18. The van der Waals surface area contributed by atoms with Crippen molar-refractivity contribution in [2.75, 3.05) is 6.54 Å². The highest BCUT2D eigenvalue weighted by molar-refractivity contribution is 5.76. The zero-order valence-corrected chi connectivity index (χ0v) is 8.38. The van der Waals surface area contributed by atoms with E-state index >= 15 is 0 Å². The predicted octanol–water partition coefficient (Wildman–Crippen LogP) is 0.247. The van der Waals surface area contributed by atoms with Gasteiger partial charge in [-0.1, -0.05) is 0 Å². The Labute approximate surface area is 89.8 Å². The van der Waals surface area contributed by atoms with E-state index in [0.717, 1.165) is 0 Å². The Hall–Kier alpha value is -1.31. The van der Waals surface area contributed by atoms with Crippen LogP contribution in [0.3, 0.4) is 0 Å². The lowest BCUT2D eigenvalue weighted by Crippen LogP contribution is -2.33. The molecule has 1 amide bonds. The molecule has 0 fully saturated rings. The van der Waals surface area contributed by atoms with Gasteiger partial charge < -0.3 is 16.2 Å². The summed E-state index contributed by atoms with van der Waals surface area (Å²) >= 11 is 0. The summed E-state index contributed by atoms with van der Waals surface area (Å²) in [4.78, 5) is 20.9. The van der Waals surface area contributed by atoms with Gasteiger partial charge in [-0.15, -0.1) is 0 Å². The lowest BCUT2D eigenvalue weighted by Gasteiger charge is -2.08. The summed E-state index contributed by atoms with van der Waals surface area (Å²) in [6.45, 7) is -0.0180. The fraction of sp³-hybridized carbons (Fsp3) is 0.750. The zero-order valence-electron chi connectivity index (χ0n) is 8.38. The average molecular weight is 242 g/mol. The molecule has 94 valence electrons. The number of nitrogens with one attached hydrogen (secondary N) is 1. The van der Waals surface area contributed by atoms with Crippen molar-refractivity contribution >= 4 is 11.9 Å². The molecule has 1 atom stereocenters. The summed E-state index contributed by atoms with van der Waals surface area (Å²) < 4.78 is 35.1. The van der Waals surface area contributed by atoms with Gasteiger partial charge in [0.2, 0.25) is 5.91 Å². The predicted molar refractivity (Wildman–Crippen MR) is 48.5 cm³/mol. The third-order valence-corrected chi connectivity index (χ3v) is 1.69. The number of hydrogen-bond acceptors (Lipinski definition) is 3. The molecule has 0 heterocycles. The number of rotatable bonds is 6. The van der Waals surface area contributed by atoms with Gasteiger partial charge in [0.15, 0.2) is 0 Å². The molecule has 0 aliphatic carbocycles. The Balaban J connectivity index is 3.60. The van der Waals surface area contributed by atoms with Crippen molar-refractivity contribution in [1.82, 2.24) is 5.32 Å². The smallest absolute Gasteiger partial charge is 0.397 e. The quantitative estimate of drug-likeness (QED) is 0.582. The van der Waals surface area contributed by atoms with Gasteiger partial charge in [0.25, 0.3) is 0 Å². The molecule has 0 rings (SSSR count). The van der Waals surface area contributed by atoms with Crippen molar-refractivity contribution in [3.8, 4) is 0 Å². The Kier molecular flexibility index (Phi) is 5.79. The van der Waals surface area contributed by atoms with Crippen molar-refractivity contribution in [2.45, 2.75) is 31.5 Å². The number of nitrogens with two attached hydrogens (primary N) is 1. The van der Waals surface area contributed by atoms with Gasteiger partial charge in [-0.3, -0.25) is 9.59 Å². The van der Waals surface area contributed by atoms with E-state index in [0.29, 0.717) is 0 Å². The largest absolute Gasteiger partial charge is 0.480 e. The van der Waals surface area contributed by atoms with Crippen LogP contribution in [-0.2, 0) is 9.59 Å². The summed E-state index contributed by atoms with van der Waals surface area (Å²) in [6.07, 6.45) is -5.74. The van der Waals surface area contributed by atoms with E-state index in [2.05, 4.69) is 0 Å². The molecule has 8 heteroatoms. The molecular weight excluding hydrogens is 229 g/mol. The first-order chi connectivity index (χ1) is 7.22. The number of alkyl halides is 3. The van der Waals surface area contributed by atoms with Gasteiger partial charge >= 0.3 is 12.1 Å². The number of carboxylic acids is 1. The summed E-state index contributed by atoms with van der Waals surface area (Å²) in [5.41, 5.74) is 5.14. The van der Waals surface area contributed by atoms with Crippen LogP contribution in [-0.4, -0.2) is 35.7 Å². The van der Waals surface area contributed by atoms with Crippen molar-refractivity contribution in [3.05, 3.63) is 0 Å². The number of carbonyl (C=O) groups excluding carboxylic acids is 1. The first-order valence-corrected chi connectivity index (χ1v) is 4.54. The van der Waals surface area contributed by atoms with Crippen LogP contribution < -0.4 is 11.1 Å². The second kappa shape index (κ2) is 6.31. The topological polar surface area (TPSA) is 92.4 Å². The molecule has 0 aromatic heterocycles. The van der Waals surface area contributed by atoms with Gasteiger partial charge in [0.1, 0.15) is 12.5 Å². The number of aliphatic carboxylic acids is 1. The number of hydrogen-bond donors (Lipinski definition) is 3. The third kappa shape index (κ3) is 8.04. The van der Waals surface area contributed by atoms with Crippen LogP contribution in [0.5, 0.6) is 0 Å². The lowest BCUT2D eigenvalue weighted by molar-refractivity contribution is -0.153. The summed E-state index contributed by atoms with van der Waals surface area (Å²) in [5, 5.41) is 10.4. The van der Waals surface area contributed by atoms with E-state index in [-0.39, 0.29) is 19.4 Å². The standard InChI is InChI=1S/C8H13F3N2O3/c9-8(10,11)4-6(14)13-3-1-2-5(12)7(15)16/h5H,1-4,12H2,(H,13,14)(H,15,16)/t5-/m0/s1. The van der Waals surface area contributed by atoms with E-state index in [4.69, 9.17) is 10.8 Å². The van der Waals surface area contributed by atoms with Gasteiger partial charge in [-0.05, 0) is 12.8 Å². The van der Waals surface area contributed by atoms with Gasteiger partial charge in [0, 0.05) is 6.54 Å². The minimum atomic E-state index is -4.53. The molecule has 0 bridgehead atoms. The Morgan fingerprint density at radius 1 is 1.38 bits per heavy atom. The van der Waals surface area contributed by atoms with Crippen LogP contribution in [0.25, 0.3) is 0 Å². The number of carboxylic acid groups (broad SMARTS) is 1. The van der Waals surface area contributed by atoms with Crippen molar-refractivity contribution in [3.63, 3.8) is 0 Å². The minimum absolute atomic E-state index is 0.0180. The molecule has 0 unspecified atom stereocenters. The molecule has 16 heavy (non-hydrogen) atoms. The molecule has 0 aromatic carbocycles. The monoisotopic (exact) mass is 242 g/mol. The Morgan fingerprint density at radius 2 is 1.94 bits per heavy atom. The Morgan fingerprint density at radius 3 is 2.38 bits per heavy atom. The van der Waals surface area contributed by atoms with Gasteiger partial charge in [0.05, 0.1) is 0 Å². The first kappa shape index (κ1) is 14.7. The van der Waals surface area contributed by atoms with Crippen LogP contribution in [0.4, 0.5) is 13.2 Å². The molecular formula is C8H13F3N2O3. The van der Waals surface area contributed by atoms with Crippen LogP contribution in [0.15, 0.2) is 0 Å². The van der Waals surface area contributed by atoms with Crippen molar-refractivity contribution < 1.29 is 27.9 Å². The molecule has 5 nitrogen and oxygen atoms in total. The maximum Gasteiger partial charge on any atom is 0.397 e. The van der Waals surface area contributed by atoms with Crippen LogP contribution in [0.2, 0.25) is 0 Å². The Bertz CT molecular complexity index is 255. The lowest BCUT2D eigenvalue weighted by atomic mass is 10.2. The van der Waals surface area contributed by atoms with Crippen molar-refractivity contribution in [2.24, 2.45) is 5.73 Å². The highest BCUT2D eigenvalue weighted by atomic mass is 19.4. The summed E-state index contributed by atoms with van der Waals surface area (Å²) in [5.74, 6) is -2.31. The molecule has 0 saturated heterocycles. The average Bonchev–Trinajstić information content (AvgIpc) is 2.08. The fourth-order valence-corrected chi connectivity index (χ4v) is 0.918. The number of carbonyl (C=O) groups is 2.